The Hall–Kier alpha value is -2.15. The summed E-state index contributed by atoms with van der Waals surface area (Å²) < 4.78 is 12.0. The molecule has 0 aromatic carbocycles. The molecule has 1 unspecified atom stereocenters. The van der Waals surface area contributed by atoms with Gasteiger partial charge in [-0.15, -0.1) is 0 Å². The van der Waals surface area contributed by atoms with Crippen molar-refractivity contribution in [2.75, 3.05) is 26.9 Å². The fraction of sp³-hybridized carbons (Fsp3) is 0.667. The SMILES string of the molecule is CCOCCCN(C(=O)CC)C(C)C(=O)c1c(C)c(C(=O)OC)n(CC)c1C. The van der Waals surface area contributed by atoms with E-state index in [0.717, 1.165) is 5.69 Å². The molecule has 1 atom stereocenters. The molecule has 1 aromatic heterocycles. The Morgan fingerprint density at radius 2 is 1.79 bits per heavy atom. The van der Waals surface area contributed by atoms with Crippen LogP contribution in [-0.4, -0.2) is 60.0 Å². The highest BCUT2D eigenvalue weighted by atomic mass is 16.5. The lowest BCUT2D eigenvalue weighted by molar-refractivity contribution is -0.132. The molecule has 0 N–H and O–H groups in total. The normalized spacial score (nSPS) is 12.0. The molecule has 1 aromatic rings. The van der Waals surface area contributed by atoms with E-state index in [1.807, 2.05) is 20.8 Å². The number of carbonyl (C=O) groups is 3. The average molecular weight is 395 g/mol. The number of carbonyl (C=O) groups excluding carboxylic acids is 3. The highest BCUT2D eigenvalue weighted by Crippen LogP contribution is 2.26. The molecule has 0 radical (unpaired) electrons. The second kappa shape index (κ2) is 11.0. The Balaban J connectivity index is 3.24. The van der Waals surface area contributed by atoms with Crippen molar-refractivity contribution in [3.63, 3.8) is 0 Å². The van der Waals surface area contributed by atoms with Crippen LogP contribution in [0.5, 0.6) is 0 Å². The van der Waals surface area contributed by atoms with E-state index in [0.29, 0.717) is 56.0 Å². The molecule has 1 heterocycles. The quantitative estimate of drug-likeness (QED) is 0.327. The number of methoxy groups -OCH3 is 1. The van der Waals surface area contributed by atoms with Gasteiger partial charge in [-0.2, -0.15) is 0 Å². The monoisotopic (exact) mass is 394 g/mol. The third-order valence-electron chi connectivity index (χ3n) is 5.07. The molecule has 158 valence electrons. The zero-order chi connectivity index (χ0) is 21.4. The number of ketones is 1. The van der Waals surface area contributed by atoms with Crippen LogP contribution < -0.4 is 0 Å². The number of rotatable bonds is 11. The number of ether oxygens (including phenoxy) is 2. The first-order chi connectivity index (χ1) is 13.3. The largest absolute Gasteiger partial charge is 0.464 e. The number of Topliss-reactive ketones (excluding diaryl/α,β-unsaturated/α-hetero) is 1. The maximum absolute atomic E-state index is 13.3. The first-order valence-electron chi connectivity index (χ1n) is 9.95. The molecule has 0 spiro atoms. The number of esters is 1. The lowest BCUT2D eigenvalue weighted by Gasteiger charge is -2.28. The van der Waals surface area contributed by atoms with Crippen LogP contribution >= 0.6 is 0 Å². The van der Waals surface area contributed by atoms with Crippen molar-refractivity contribution in [2.24, 2.45) is 0 Å². The van der Waals surface area contributed by atoms with E-state index in [2.05, 4.69) is 0 Å². The molecule has 0 aliphatic carbocycles. The van der Waals surface area contributed by atoms with Gasteiger partial charge < -0.3 is 18.9 Å². The van der Waals surface area contributed by atoms with Gasteiger partial charge in [-0.05, 0) is 46.6 Å². The van der Waals surface area contributed by atoms with Gasteiger partial charge in [0.1, 0.15) is 5.69 Å². The molecule has 0 bridgehead atoms. The molecule has 1 rings (SSSR count). The van der Waals surface area contributed by atoms with Crippen molar-refractivity contribution in [3.8, 4) is 0 Å². The van der Waals surface area contributed by atoms with Crippen LogP contribution in [-0.2, 0) is 20.8 Å². The molecule has 0 saturated heterocycles. The minimum atomic E-state index is -0.621. The average Bonchev–Trinajstić information content (AvgIpc) is 2.95. The first kappa shape index (κ1) is 23.9. The van der Waals surface area contributed by atoms with Gasteiger partial charge >= 0.3 is 5.97 Å². The van der Waals surface area contributed by atoms with E-state index in [1.54, 1.807) is 30.2 Å². The van der Waals surface area contributed by atoms with Gasteiger partial charge in [-0.25, -0.2) is 4.79 Å². The molecule has 0 aliphatic heterocycles. The highest BCUT2D eigenvalue weighted by Gasteiger charge is 2.32. The maximum atomic E-state index is 13.3. The molecule has 7 heteroatoms. The van der Waals surface area contributed by atoms with Gasteiger partial charge in [-0.1, -0.05) is 6.92 Å². The highest BCUT2D eigenvalue weighted by molar-refractivity contribution is 6.06. The van der Waals surface area contributed by atoms with Gasteiger partial charge in [0.05, 0.1) is 13.2 Å². The van der Waals surface area contributed by atoms with E-state index in [9.17, 15) is 14.4 Å². The maximum Gasteiger partial charge on any atom is 0.354 e. The summed E-state index contributed by atoms with van der Waals surface area (Å²) in [5.74, 6) is -0.700. The molecule has 1 amide bonds. The summed E-state index contributed by atoms with van der Waals surface area (Å²) in [6, 6.07) is -0.621. The molecule has 0 aliphatic rings. The predicted octanol–water partition coefficient (Wildman–Crippen LogP) is 3.15. The molecule has 28 heavy (non-hydrogen) atoms. The standard InChI is InChI=1S/C21H34N2O5/c1-8-17(24)23(12-11-13-28-10-3)16(6)20(25)18-14(4)19(21(26)27-7)22(9-2)15(18)5/h16H,8-13H2,1-7H3. The van der Waals surface area contributed by atoms with E-state index < -0.39 is 12.0 Å². The van der Waals surface area contributed by atoms with Crippen molar-refractivity contribution in [1.82, 2.24) is 9.47 Å². The van der Waals surface area contributed by atoms with Gasteiger partial charge in [-0.3, -0.25) is 9.59 Å². The molecular formula is C21H34N2O5. The Labute approximate surface area is 168 Å². The van der Waals surface area contributed by atoms with E-state index in [4.69, 9.17) is 9.47 Å². The van der Waals surface area contributed by atoms with Crippen molar-refractivity contribution in [3.05, 3.63) is 22.5 Å². The minimum Gasteiger partial charge on any atom is -0.464 e. The third-order valence-corrected chi connectivity index (χ3v) is 5.07. The van der Waals surface area contributed by atoms with Crippen molar-refractivity contribution < 1.29 is 23.9 Å². The molecular weight excluding hydrogens is 360 g/mol. The smallest absolute Gasteiger partial charge is 0.354 e. The summed E-state index contributed by atoms with van der Waals surface area (Å²) in [6.07, 6.45) is 0.992. The summed E-state index contributed by atoms with van der Waals surface area (Å²) >= 11 is 0. The van der Waals surface area contributed by atoms with Crippen LogP contribution in [0.15, 0.2) is 0 Å². The van der Waals surface area contributed by atoms with Crippen LogP contribution in [0.2, 0.25) is 0 Å². The summed E-state index contributed by atoms with van der Waals surface area (Å²) in [7, 11) is 1.33. The molecule has 0 saturated carbocycles. The predicted molar refractivity (Wildman–Crippen MR) is 108 cm³/mol. The van der Waals surface area contributed by atoms with E-state index in [1.165, 1.54) is 7.11 Å². The molecule has 7 nitrogen and oxygen atoms in total. The molecule has 0 fully saturated rings. The fourth-order valence-electron chi connectivity index (χ4n) is 3.58. The van der Waals surface area contributed by atoms with E-state index in [-0.39, 0.29) is 11.7 Å². The summed E-state index contributed by atoms with van der Waals surface area (Å²) in [5.41, 5.74) is 2.20. The third kappa shape index (κ3) is 5.01. The van der Waals surface area contributed by atoms with Gasteiger partial charge in [0.25, 0.3) is 0 Å². The summed E-state index contributed by atoms with van der Waals surface area (Å²) in [6.45, 7) is 13.1. The zero-order valence-corrected chi connectivity index (χ0v) is 18.3. The Bertz CT molecular complexity index is 708. The van der Waals surface area contributed by atoms with Crippen molar-refractivity contribution in [1.29, 1.82) is 0 Å². The Morgan fingerprint density at radius 1 is 1.14 bits per heavy atom. The van der Waals surface area contributed by atoms with Gasteiger partial charge in [0, 0.05) is 44.0 Å². The van der Waals surface area contributed by atoms with Gasteiger partial charge in [0.2, 0.25) is 5.91 Å². The van der Waals surface area contributed by atoms with Crippen LogP contribution in [0.4, 0.5) is 0 Å². The van der Waals surface area contributed by atoms with Crippen LogP contribution in [0.1, 0.15) is 72.6 Å². The Morgan fingerprint density at radius 3 is 2.29 bits per heavy atom. The van der Waals surface area contributed by atoms with Crippen molar-refractivity contribution in [2.45, 2.75) is 67.0 Å². The van der Waals surface area contributed by atoms with Crippen LogP contribution in [0.3, 0.4) is 0 Å². The van der Waals surface area contributed by atoms with Crippen LogP contribution in [0.25, 0.3) is 0 Å². The van der Waals surface area contributed by atoms with Crippen molar-refractivity contribution >= 4 is 17.7 Å². The number of amides is 1. The minimum absolute atomic E-state index is 0.0734. The van der Waals surface area contributed by atoms with E-state index >= 15 is 0 Å². The second-order valence-corrected chi connectivity index (χ2v) is 6.70. The number of aromatic nitrogens is 1. The number of nitrogens with zero attached hydrogens (tertiary/aromatic N) is 2. The van der Waals surface area contributed by atoms with Gasteiger partial charge in [0.15, 0.2) is 5.78 Å². The Kier molecular flexibility index (Phi) is 9.38. The lowest BCUT2D eigenvalue weighted by Crippen LogP contribution is -2.44. The lowest BCUT2D eigenvalue weighted by atomic mass is 9.99. The topological polar surface area (TPSA) is 77.8 Å². The summed E-state index contributed by atoms with van der Waals surface area (Å²) in [4.78, 5) is 39.6. The fourth-order valence-corrected chi connectivity index (χ4v) is 3.58. The first-order valence-corrected chi connectivity index (χ1v) is 9.95. The number of hydrogen-bond acceptors (Lipinski definition) is 5. The zero-order valence-electron chi connectivity index (χ0n) is 18.3. The second-order valence-electron chi connectivity index (χ2n) is 6.70. The summed E-state index contributed by atoms with van der Waals surface area (Å²) in [5, 5.41) is 0. The van der Waals surface area contributed by atoms with Crippen LogP contribution in [0, 0.1) is 13.8 Å². The number of hydrogen-bond donors (Lipinski definition) is 0.